The number of halogens is 1. The summed E-state index contributed by atoms with van der Waals surface area (Å²) in [6.45, 7) is 1.52. The normalized spacial score (nSPS) is 15.1. The molecule has 7 heteroatoms. The van der Waals surface area contributed by atoms with Crippen LogP contribution in [0.25, 0.3) is 6.08 Å². The molecule has 1 aliphatic rings. The van der Waals surface area contributed by atoms with Crippen molar-refractivity contribution in [2.45, 2.75) is 12.3 Å². The Morgan fingerprint density at radius 3 is 2.52 bits per heavy atom. The molecular formula is C20H17ClO6. The van der Waals surface area contributed by atoms with Gasteiger partial charge in [0.1, 0.15) is 16.9 Å². The fourth-order valence-corrected chi connectivity index (χ4v) is 2.57. The summed E-state index contributed by atoms with van der Waals surface area (Å²) in [6.07, 6.45) is 1.61. The topological polar surface area (TPSA) is 71.1 Å². The number of rotatable bonds is 5. The number of hydrogen-bond donors (Lipinski definition) is 0. The largest absolute Gasteiger partial charge is 0.493 e. The van der Waals surface area contributed by atoms with Gasteiger partial charge in [0.15, 0.2) is 17.3 Å². The van der Waals surface area contributed by atoms with E-state index in [0.29, 0.717) is 28.4 Å². The van der Waals surface area contributed by atoms with Crippen LogP contribution < -0.4 is 18.9 Å². The fraction of sp³-hybridized carbons (Fsp3) is 0.200. The average Bonchev–Trinajstić information content (AvgIpc) is 2.96. The highest BCUT2D eigenvalue weighted by molar-refractivity contribution is 6.29. The smallest absolute Gasteiger partial charge is 0.329 e. The van der Waals surface area contributed by atoms with Crippen LogP contribution in [-0.2, 0) is 4.79 Å². The van der Waals surface area contributed by atoms with E-state index in [0.717, 1.165) is 0 Å². The molecule has 0 aliphatic carbocycles. The van der Waals surface area contributed by atoms with Crippen molar-refractivity contribution in [1.29, 1.82) is 0 Å². The van der Waals surface area contributed by atoms with Gasteiger partial charge in [0.2, 0.25) is 5.78 Å². The number of Topliss-reactive ketones (excluding diaryl/α,β-unsaturated/α-hetero) is 1. The number of fused-ring (bicyclic) bond motifs is 1. The molecule has 1 aliphatic heterocycles. The van der Waals surface area contributed by atoms with Crippen LogP contribution in [0.2, 0.25) is 0 Å². The summed E-state index contributed by atoms with van der Waals surface area (Å²) < 4.78 is 21.2. The molecule has 0 saturated carbocycles. The molecule has 0 radical (unpaired) electrons. The zero-order valence-electron chi connectivity index (χ0n) is 14.9. The lowest BCUT2D eigenvalue weighted by molar-refractivity contribution is -0.133. The van der Waals surface area contributed by atoms with Gasteiger partial charge in [-0.1, -0.05) is 6.07 Å². The second-order valence-corrected chi connectivity index (χ2v) is 6.40. The number of esters is 1. The number of carbonyl (C=O) groups excluding carboxylic acids is 2. The SMILES string of the molecule is COc1ccc(/C=C2\Oc3cc(OC(=O)C(C)Cl)ccc3C2=O)cc1OC. The van der Waals surface area contributed by atoms with Crippen LogP contribution >= 0.6 is 11.6 Å². The Morgan fingerprint density at radius 2 is 1.85 bits per heavy atom. The quantitative estimate of drug-likeness (QED) is 0.335. The highest BCUT2D eigenvalue weighted by atomic mass is 35.5. The first-order valence-electron chi connectivity index (χ1n) is 8.09. The summed E-state index contributed by atoms with van der Waals surface area (Å²) in [5.74, 6) is 1.02. The molecule has 1 heterocycles. The Bertz CT molecular complexity index is 932. The highest BCUT2D eigenvalue weighted by Gasteiger charge is 2.28. The summed E-state index contributed by atoms with van der Waals surface area (Å²) in [5.41, 5.74) is 1.10. The minimum atomic E-state index is -0.777. The van der Waals surface area contributed by atoms with Gasteiger partial charge in [-0.25, -0.2) is 0 Å². The molecule has 1 atom stereocenters. The molecule has 0 fully saturated rings. The average molecular weight is 389 g/mol. The van der Waals surface area contributed by atoms with Gasteiger partial charge in [-0.05, 0) is 42.8 Å². The van der Waals surface area contributed by atoms with Crippen LogP contribution in [0.15, 0.2) is 42.2 Å². The number of carbonyl (C=O) groups is 2. The molecule has 0 bridgehead atoms. The predicted octanol–water partition coefficient (Wildman–Crippen LogP) is 3.85. The fourth-order valence-electron chi connectivity index (χ4n) is 2.52. The van der Waals surface area contributed by atoms with Crippen LogP contribution in [0, 0.1) is 0 Å². The van der Waals surface area contributed by atoms with Gasteiger partial charge >= 0.3 is 5.97 Å². The molecule has 2 aromatic rings. The van der Waals surface area contributed by atoms with Crippen LogP contribution in [0.5, 0.6) is 23.0 Å². The lowest BCUT2D eigenvalue weighted by atomic mass is 10.1. The van der Waals surface area contributed by atoms with Gasteiger partial charge < -0.3 is 18.9 Å². The lowest BCUT2D eigenvalue weighted by Gasteiger charge is -2.08. The Morgan fingerprint density at radius 1 is 1.11 bits per heavy atom. The maximum atomic E-state index is 12.5. The van der Waals surface area contributed by atoms with E-state index < -0.39 is 11.3 Å². The van der Waals surface area contributed by atoms with Crippen molar-refractivity contribution in [1.82, 2.24) is 0 Å². The van der Waals surface area contributed by atoms with Crippen LogP contribution in [0.3, 0.4) is 0 Å². The van der Waals surface area contributed by atoms with Crippen molar-refractivity contribution in [3.05, 3.63) is 53.3 Å². The van der Waals surface area contributed by atoms with E-state index in [1.165, 1.54) is 26.2 Å². The first kappa shape index (κ1) is 18.8. The second-order valence-electron chi connectivity index (χ2n) is 5.75. The van der Waals surface area contributed by atoms with Crippen molar-refractivity contribution < 1.29 is 28.5 Å². The van der Waals surface area contributed by atoms with Gasteiger partial charge in [0.25, 0.3) is 0 Å². The van der Waals surface area contributed by atoms with Crippen molar-refractivity contribution in [2.24, 2.45) is 0 Å². The van der Waals surface area contributed by atoms with Crippen LogP contribution in [-0.4, -0.2) is 31.3 Å². The minimum absolute atomic E-state index is 0.159. The summed E-state index contributed by atoms with van der Waals surface area (Å²) in [4.78, 5) is 24.1. The standard InChI is InChI=1S/C20H17ClO6/c1-11(21)20(23)26-13-5-6-14-16(10-13)27-18(19(14)22)9-12-4-7-15(24-2)17(8-12)25-3/h4-11H,1-3H3/b18-9-. The Balaban J connectivity index is 1.86. The van der Waals surface area contributed by atoms with E-state index in [1.807, 2.05) is 0 Å². The van der Waals surface area contributed by atoms with E-state index in [4.69, 9.17) is 30.5 Å². The summed E-state index contributed by atoms with van der Waals surface area (Å²) in [6, 6.07) is 9.82. The molecule has 27 heavy (non-hydrogen) atoms. The van der Waals surface area contributed by atoms with Crippen molar-refractivity contribution >= 4 is 29.4 Å². The van der Waals surface area contributed by atoms with E-state index in [-0.39, 0.29) is 17.3 Å². The second kappa shape index (κ2) is 7.72. The first-order chi connectivity index (χ1) is 12.9. The maximum Gasteiger partial charge on any atom is 0.329 e. The number of benzene rings is 2. The molecule has 1 unspecified atom stereocenters. The molecule has 0 aromatic heterocycles. The van der Waals surface area contributed by atoms with Crippen molar-refractivity contribution in [2.75, 3.05) is 14.2 Å². The summed E-state index contributed by atoms with van der Waals surface area (Å²) in [7, 11) is 3.08. The lowest BCUT2D eigenvalue weighted by Crippen LogP contribution is -2.17. The van der Waals surface area contributed by atoms with E-state index in [9.17, 15) is 9.59 Å². The summed E-state index contributed by atoms with van der Waals surface area (Å²) >= 11 is 5.69. The van der Waals surface area contributed by atoms with E-state index in [2.05, 4.69) is 0 Å². The molecule has 0 spiro atoms. The number of ether oxygens (including phenoxy) is 4. The van der Waals surface area contributed by atoms with E-state index >= 15 is 0 Å². The molecule has 2 aromatic carbocycles. The maximum absolute atomic E-state index is 12.5. The number of allylic oxidation sites excluding steroid dienone is 1. The van der Waals surface area contributed by atoms with Crippen LogP contribution in [0.4, 0.5) is 0 Å². The highest BCUT2D eigenvalue weighted by Crippen LogP contribution is 2.36. The number of methoxy groups -OCH3 is 2. The summed E-state index contributed by atoms with van der Waals surface area (Å²) in [5, 5.41) is -0.777. The zero-order chi connectivity index (χ0) is 19.6. The van der Waals surface area contributed by atoms with Crippen molar-refractivity contribution in [3.8, 4) is 23.0 Å². The van der Waals surface area contributed by atoms with Gasteiger partial charge in [0, 0.05) is 6.07 Å². The first-order valence-corrected chi connectivity index (χ1v) is 8.52. The van der Waals surface area contributed by atoms with Gasteiger partial charge in [-0.3, -0.25) is 9.59 Å². The third kappa shape index (κ3) is 3.90. The molecule has 3 rings (SSSR count). The monoisotopic (exact) mass is 388 g/mol. The predicted molar refractivity (Wildman–Crippen MR) is 99.9 cm³/mol. The molecule has 140 valence electrons. The molecule has 0 saturated heterocycles. The Kier molecular flexibility index (Phi) is 5.37. The van der Waals surface area contributed by atoms with Gasteiger partial charge in [-0.2, -0.15) is 0 Å². The zero-order valence-corrected chi connectivity index (χ0v) is 15.7. The van der Waals surface area contributed by atoms with Crippen molar-refractivity contribution in [3.63, 3.8) is 0 Å². The minimum Gasteiger partial charge on any atom is -0.493 e. The number of hydrogen-bond acceptors (Lipinski definition) is 6. The molecule has 0 N–H and O–H groups in total. The van der Waals surface area contributed by atoms with Gasteiger partial charge in [-0.15, -0.1) is 11.6 Å². The third-order valence-electron chi connectivity index (χ3n) is 3.89. The third-order valence-corrected chi connectivity index (χ3v) is 4.07. The van der Waals surface area contributed by atoms with Gasteiger partial charge in [0.05, 0.1) is 19.8 Å². The number of ketones is 1. The Hall–Kier alpha value is -2.99. The number of alkyl halides is 1. The Labute approximate surface area is 161 Å². The van der Waals surface area contributed by atoms with E-state index in [1.54, 1.807) is 37.5 Å². The van der Waals surface area contributed by atoms with Crippen LogP contribution in [0.1, 0.15) is 22.8 Å². The molecule has 0 amide bonds. The molecular weight excluding hydrogens is 372 g/mol. The molecule has 6 nitrogen and oxygen atoms in total.